The summed E-state index contributed by atoms with van der Waals surface area (Å²) in [6, 6.07) is -0.146. The Kier molecular flexibility index (Phi) is 11.2. The van der Waals surface area contributed by atoms with Crippen LogP contribution in [-0.4, -0.2) is 30.3 Å². The molecule has 3 nitrogen and oxygen atoms in total. The minimum absolute atomic E-state index is 0.131. The van der Waals surface area contributed by atoms with Crippen molar-refractivity contribution in [1.82, 2.24) is 5.32 Å². The van der Waals surface area contributed by atoms with Gasteiger partial charge in [0.1, 0.15) is 4.32 Å². The average Bonchev–Trinajstić information content (AvgIpc) is 2.83. The number of thioether (sulfide) groups is 1. The summed E-state index contributed by atoms with van der Waals surface area (Å²) in [5.41, 5.74) is 0. The smallest absolute Gasteiger partial charge is 0.173 e. The van der Waals surface area contributed by atoms with E-state index in [2.05, 4.69) is 12.2 Å². The second kappa shape index (κ2) is 12.3. The van der Waals surface area contributed by atoms with E-state index in [9.17, 15) is 8.42 Å². The van der Waals surface area contributed by atoms with Gasteiger partial charge in [-0.15, -0.1) is 0 Å². The summed E-state index contributed by atoms with van der Waals surface area (Å²) < 4.78 is 23.3. The Morgan fingerprint density at radius 1 is 1.09 bits per heavy atom. The van der Waals surface area contributed by atoms with Gasteiger partial charge in [0.15, 0.2) is 9.84 Å². The monoisotopic (exact) mass is 377 g/mol. The number of sulfone groups is 1. The Labute approximate surface area is 152 Å². The first-order chi connectivity index (χ1) is 11.0. The van der Waals surface area contributed by atoms with E-state index in [1.807, 2.05) is 0 Å². The minimum atomic E-state index is -3.00. The van der Waals surface area contributed by atoms with Gasteiger partial charge in [0.25, 0.3) is 0 Å². The number of hydrogen-bond donors (Lipinski definition) is 1. The standard InChI is InChI=1S/C17H31NO2S3/c1-2-3-4-5-6-7-8-9-10-11-13-22-17(21)18-16-12-14-23(19,20)15-16/h12,14,16H,2-11,13,15H2,1H3,(H,18,21). The molecule has 1 heterocycles. The highest BCUT2D eigenvalue weighted by molar-refractivity contribution is 8.22. The third-order valence-corrected chi connectivity index (χ3v) is 6.70. The highest BCUT2D eigenvalue weighted by Gasteiger charge is 2.21. The maximum atomic E-state index is 11.3. The van der Waals surface area contributed by atoms with Gasteiger partial charge in [-0.05, 0) is 12.5 Å². The molecular weight excluding hydrogens is 346 g/mol. The molecular formula is C17H31NO2S3. The van der Waals surface area contributed by atoms with Crippen LogP contribution in [-0.2, 0) is 9.84 Å². The van der Waals surface area contributed by atoms with Crippen LogP contribution in [0.25, 0.3) is 0 Å². The van der Waals surface area contributed by atoms with E-state index in [1.54, 1.807) is 17.8 Å². The maximum absolute atomic E-state index is 11.3. The highest BCUT2D eigenvalue weighted by Crippen LogP contribution is 2.14. The van der Waals surface area contributed by atoms with E-state index in [1.165, 1.54) is 69.6 Å². The van der Waals surface area contributed by atoms with Crippen molar-refractivity contribution < 1.29 is 8.42 Å². The predicted octanol–water partition coefficient (Wildman–Crippen LogP) is 4.83. The number of rotatable bonds is 12. The van der Waals surface area contributed by atoms with Crippen molar-refractivity contribution in [3.63, 3.8) is 0 Å². The third-order valence-electron chi connectivity index (χ3n) is 3.96. The van der Waals surface area contributed by atoms with Crippen molar-refractivity contribution in [2.75, 3.05) is 11.5 Å². The van der Waals surface area contributed by atoms with Crippen LogP contribution in [0.3, 0.4) is 0 Å². The zero-order chi connectivity index (χ0) is 17.0. The van der Waals surface area contributed by atoms with E-state index >= 15 is 0 Å². The quantitative estimate of drug-likeness (QED) is 0.390. The molecule has 0 saturated carbocycles. The third kappa shape index (κ3) is 11.2. The molecule has 0 amide bonds. The first-order valence-electron chi connectivity index (χ1n) is 8.88. The Hall–Kier alpha value is -0.0700. The van der Waals surface area contributed by atoms with Crippen molar-refractivity contribution in [3.8, 4) is 0 Å². The van der Waals surface area contributed by atoms with Crippen LogP contribution >= 0.6 is 24.0 Å². The normalized spacial score (nSPS) is 19.1. The molecule has 0 aromatic heterocycles. The summed E-state index contributed by atoms with van der Waals surface area (Å²) in [6.45, 7) is 2.26. The van der Waals surface area contributed by atoms with Crippen LogP contribution in [0.1, 0.15) is 71.1 Å². The van der Waals surface area contributed by atoms with E-state index < -0.39 is 9.84 Å². The molecule has 0 saturated heterocycles. The van der Waals surface area contributed by atoms with E-state index in [4.69, 9.17) is 12.2 Å². The van der Waals surface area contributed by atoms with Crippen molar-refractivity contribution in [2.24, 2.45) is 0 Å². The molecule has 0 aliphatic carbocycles. The minimum Gasteiger partial charge on any atom is -0.364 e. The molecule has 1 rings (SSSR count). The van der Waals surface area contributed by atoms with E-state index in [0.29, 0.717) is 4.32 Å². The van der Waals surface area contributed by atoms with Crippen LogP contribution in [0.15, 0.2) is 11.5 Å². The van der Waals surface area contributed by atoms with Gasteiger partial charge >= 0.3 is 0 Å². The topological polar surface area (TPSA) is 46.2 Å². The number of hydrogen-bond acceptors (Lipinski definition) is 4. The Bertz CT molecular complexity index is 460. The van der Waals surface area contributed by atoms with Crippen LogP contribution in [0.5, 0.6) is 0 Å². The Morgan fingerprint density at radius 3 is 2.17 bits per heavy atom. The first kappa shape index (κ1) is 21.0. The van der Waals surface area contributed by atoms with Crippen molar-refractivity contribution >= 4 is 38.1 Å². The van der Waals surface area contributed by atoms with Gasteiger partial charge < -0.3 is 5.32 Å². The second-order valence-electron chi connectivity index (χ2n) is 6.23. The molecule has 1 aliphatic heterocycles. The summed E-state index contributed by atoms with van der Waals surface area (Å²) in [6.07, 6.45) is 15.1. The summed E-state index contributed by atoms with van der Waals surface area (Å²) in [5, 5.41) is 4.38. The molecule has 0 fully saturated rings. The van der Waals surface area contributed by atoms with E-state index in [0.717, 1.165) is 5.75 Å². The summed E-state index contributed by atoms with van der Waals surface area (Å²) in [7, 11) is -3.00. The summed E-state index contributed by atoms with van der Waals surface area (Å²) in [5.74, 6) is 1.15. The zero-order valence-corrected chi connectivity index (χ0v) is 16.7. The zero-order valence-electron chi connectivity index (χ0n) is 14.3. The van der Waals surface area contributed by atoms with Crippen LogP contribution in [0.2, 0.25) is 0 Å². The van der Waals surface area contributed by atoms with Crippen molar-refractivity contribution in [1.29, 1.82) is 0 Å². The molecule has 1 unspecified atom stereocenters. The van der Waals surface area contributed by atoms with E-state index in [-0.39, 0.29) is 11.8 Å². The van der Waals surface area contributed by atoms with Crippen LogP contribution in [0, 0.1) is 0 Å². The fourth-order valence-corrected chi connectivity index (χ4v) is 5.02. The van der Waals surface area contributed by atoms with Gasteiger partial charge in [0.05, 0.1) is 11.8 Å². The van der Waals surface area contributed by atoms with Crippen molar-refractivity contribution in [2.45, 2.75) is 77.2 Å². The highest BCUT2D eigenvalue weighted by atomic mass is 32.2. The molecule has 1 atom stereocenters. The summed E-state index contributed by atoms with van der Waals surface area (Å²) in [4.78, 5) is 0. The predicted molar refractivity (Wildman–Crippen MR) is 107 cm³/mol. The van der Waals surface area contributed by atoms with Gasteiger partial charge in [-0.3, -0.25) is 0 Å². The lowest BCUT2D eigenvalue weighted by molar-refractivity contribution is 0.563. The Morgan fingerprint density at radius 2 is 1.65 bits per heavy atom. The molecule has 0 spiro atoms. The second-order valence-corrected chi connectivity index (χ2v) is 9.93. The summed E-state index contributed by atoms with van der Waals surface area (Å²) >= 11 is 6.89. The lowest BCUT2D eigenvalue weighted by Gasteiger charge is -2.11. The number of thiocarbonyl (C=S) groups is 1. The maximum Gasteiger partial charge on any atom is 0.173 e. The first-order valence-corrected chi connectivity index (χ1v) is 12.0. The number of nitrogens with one attached hydrogen (secondary N) is 1. The number of unbranched alkanes of at least 4 members (excludes halogenated alkanes) is 9. The molecule has 6 heteroatoms. The SMILES string of the molecule is CCCCCCCCCCCCSC(=S)NC1C=CS(=O)(=O)C1. The fourth-order valence-electron chi connectivity index (χ4n) is 2.61. The molecule has 23 heavy (non-hydrogen) atoms. The lowest BCUT2D eigenvalue weighted by Crippen LogP contribution is -2.32. The van der Waals surface area contributed by atoms with Crippen molar-refractivity contribution in [3.05, 3.63) is 11.5 Å². The molecule has 0 radical (unpaired) electrons. The fraction of sp³-hybridized carbons (Fsp3) is 0.824. The lowest BCUT2D eigenvalue weighted by atomic mass is 10.1. The molecule has 0 aromatic carbocycles. The molecule has 1 N–H and O–H groups in total. The average molecular weight is 378 g/mol. The molecule has 1 aliphatic rings. The Balaban J connectivity index is 1.87. The van der Waals surface area contributed by atoms with Gasteiger partial charge in [0.2, 0.25) is 0 Å². The van der Waals surface area contributed by atoms with Crippen LogP contribution < -0.4 is 5.32 Å². The molecule has 0 aromatic rings. The molecule has 0 bridgehead atoms. The van der Waals surface area contributed by atoms with Gasteiger partial charge in [-0.2, -0.15) is 0 Å². The van der Waals surface area contributed by atoms with Gasteiger partial charge in [-0.25, -0.2) is 8.42 Å². The largest absolute Gasteiger partial charge is 0.364 e. The van der Waals surface area contributed by atoms with Crippen LogP contribution in [0.4, 0.5) is 0 Å². The van der Waals surface area contributed by atoms with Gasteiger partial charge in [-0.1, -0.05) is 88.7 Å². The van der Waals surface area contributed by atoms with Gasteiger partial charge in [0, 0.05) is 11.2 Å². The molecule has 134 valence electrons.